The molecule has 1 heterocycles. The van der Waals surface area contributed by atoms with Gasteiger partial charge in [-0.3, -0.25) is 4.79 Å². The highest BCUT2D eigenvalue weighted by atomic mass is 16.5. The lowest BCUT2D eigenvalue weighted by molar-refractivity contribution is -0.446. The van der Waals surface area contributed by atoms with Crippen molar-refractivity contribution in [3.63, 3.8) is 0 Å². The molecule has 1 aromatic carbocycles. The van der Waals surface area contributed by atoms with E-state index in [9.17, 15) is 10.0 Å². The lowest BCUT2D eigenvalue weighted by Crippen LogP contribution is -2.27. The predicted octanol–water partition coefficient (Wildman–Crippen LogP) is 2.91. The molecule has 4 heteroatoms. The number of benzodiazepines with no additional fused rings is 1. The van der Waals surface area contributed by atoms with Crippen molar-refractivity contribution in [3.8, 4) is 0 Å². The Morgan fingerprint density at radius 2 is 1.80 bits per heavy atom. The Balaban J connectivity index is 2.05. The van der Waals surface area contributed by atoms with Crippen LogP contribution in [0.1, 0.15) is 44.1 Å². The van der Waals surface area contributed by atoms with Crippen LogP contribution in [0, 0.1) is 11.1 Å². The topological polar surface area (TPSA) is 55.2 Å². The second-order valence-electron chi connectivity index (χ2n) is 5.70. The Morgan fingerprint density at radius 1 is 1.10 bits per heavy atom. The minimum atomic E-state index is -0.226. The van der Waals surface area contributed by atoms with Crippen LogP contribution in [0.15, 0.2) is 24.3 Å². The molecule has 4 nitrogen and oxygen atoms in total. The summed E-state index contributed by atoms with van der Waals surface area (Å²) in [6.45, 7) is -0.0967. The van der Waals surface area contributed by atoms with Crippen LogP contribution in [0.2, 0.25) is 0 Å². The van der Waals surface area contributed by atoms with Crippen molar-refractivity contribution in [2.75, 3.05) is 11.9 Å². The van der Waals surface area contributed by atoms with E-state index in [0.717, 1.165) is 34.5 Å². The van der Waals surface area contributed by atoms with Crippen molar-refractivity contribution in [2.24, 2.45) is 5.92 Å². The molecular weight excluding hydrogens is 252 g/mol. The van der Waals surface area contributed by atoms with Crippen LogP contribution < -0.4 is 5.32 Å². The molecule has 1 N–H and O–H groups in total. The number of hydroxylamine groups is 1. The van der Waals surface area contributed by atoms with Crippen LogP contribution in [0.25, 0.3) is 0 Å². The van der Waals surface area contributed by atoms with Crippen LogP contribution in [0.4, 0.5) is 5.69 Å². The molecule has 0 bridgehead atoms. The van der Waals surface area contributed by atoms with Crippen LogP contribution in [0.5, 0.6) is 0 Å². The number of para-hydroxylation sites is 1. The third-order valence-electron chi connectivity index (χ3n) is 4.27. The van der Waals surface area contributed by atoms with Crippen LogP contribution in [-0.2, 0) is 4.79 Å². The van der Waals surface area contributed by atoms with Crippen molar-refractivity contribution in [1.29, 1.82) is 0 Å². The number of anilines is 1. The first kappa shape index (κ1) is 13.2. The Bertz CT molecular complexity index is 543. The molecule has 0 saturated heterocycles. The lowest BCUT2D eigenvalue weighted by Gasteiger charge is -2.17. The molecule has 1 aromatic rings. The fourth-order valence-electron chi connectivity index (χ4n) is 3.33. The zero-order valence-corrected chi connectivity index (χ0v) is 11.6. The van der Waals surface area contributed by atoms with E-state index < -0.39 is 0 Å². The largest absolute Gasteiger partial charge is 0.623 e. The standard InChI is InChI=1S/C16H20N2O2/c19-15-11-18(20)16(12-7-3-1-2-4-8-12)13-9-5-6-10-14(13)17-15/h5-6,9-10,12H,1-4,7-8,11H2,(H,17,19). The quantitative estimate of drug-likeness (QED) is 0.485. The number of rotatable bonds is 1. The van der Waals surface area contributed by atoms with Crippen LogP contribution in [0.3, 0.4) is 0 Å². The van der Waals surface area contributed by atoms with Gasteiger partial charge < -0.3 is 10.5 Å². The number of hydrogen-bond donors (Lipinski definition) is 1. The van der Waals surface area contributed by atoms with Crippen molar-refractivity contribution in [3.05, 3.63) is 35.0 Å². The summed E-state index contributed by atoms with van der Waals surface area (Å²) in [5, 5.41) is 15.3. The molecule has 3 rings (SSSR count). The van der Waals surface area contributed by atoms with Gasteiger partial charge in [0, 0.05) is 5.92 Å². The number of benzene rings is 1. The average molecular weight is 272 g/mol. The van der Waals surface area contributed by atoms with E-state index in [-0.39, 0.29) is 18.4 Å². The number of amides is 1. The molecule has 0 radical (unpaired) electrons. The van der Waals surface area contributed by atoms with Gasteiger partial charge in [0.2, 0.25) is 6.54 Å². The highest BCUT2D eigenvalue weighted by Gasteiger charge is 2.31. The van der Waals surface area contributed by atoms with Crippen molar-refractivity contribution in [2.45, 2.75) is 38.5 Å². The van der Waals surface area contributed by atoms with E-state index in [2.05, 4.69) is 5.32 Å². The Hall–Kier alpha value is -1.84. The van der Waals surface area contributed by atoms with Gasteiger partial charge in [-0.2, -0.15) is 4.74 Å². The molecular formula is C16H20N2O2. The molecule has 0 atom stereocenters. The third-order valence-corrected chi connectivity index (χ3v) is 4.27. The monoisotopic (exact) mass is 272 g/mol. The average Bonchev–Trinajstić information content (AvgIpc) is 2.75. The molecule has 20 heavy (non-hydrogen) atoms. The van der Waals surface area contributed by atoms with E-state index in [0.29, 0.717) is 0 Å². The molecule has 1 aliphatic heterocycles. The summed E-state index contributed by atoms with van der Waals surface area (Å²) in [6.07, 6.45) is 6.95. The number of carbonyl (C=O) groups is 1. The summed E-state index contributed by atoms with van der Waals surface area (Å²) >= 11 is 0. The van der Waals surface area contributed by atoms with Gasteiger partial charge in [0.15, 0.2) is 5.71 Å². The fraction of sp³-hybridized carbons (Fsp3) is 0.500. The first-order valence-electron chi connectivity index (χ1n) is 7.46. The molecule has 0 aromatic heterocycles. The summed E-state index contributed by atoms with van der Waals surface area (Å²) < 4.78 is 0.914. The van der Waals surface area contributed by atoms with Crippen molar-refractivity contribution < 1.29 is 9.53 Å². The molecule has 1 aliphatic carbocycles. The minimum Gasteiger partial charge on any atom is -0.623 e. The van der Waals surface area contributed by atoms with Crippen molar-refractivity contribution >= 4 is 17.3 Å². The summed E-state index contributed by atoms with van der Waals surface area (Å²) in [6, 6.07) is 7.65. The summed E-state index contributed by atoms with van der Waals surface area (Å²) in [5.74, 6) is 0.0555. The van der Waals surface area contributed by atoms with Crippen LogP contribution >= 0.6 is 0 Å². The van der Waals surface area contributed by atoms with Gasteiger partial charge in [-0.05, 0) is 25.0 Å². The van der Waals surface area contributed by atoms with E-state index in [1.54, 1.807) is 0 Å². The van der Waals surface area contributed by atoms with Gasteiger partial charge in [0.25, 0.3) is 5.91 Å². The highest BCUT2D eigenvalue weighted by molar-refractivity contribution is 6.08. The number of carbonyl (C=O) groups excluding carboxylic acids is 1. The van der Waals surface area contributed by atoms with E-state index in [1.165, 1.54) is 25.7 Å². The normalized spacial score (nSPS) is 20.9. The second kappa shape index (κ2) is 5.65. The maximum atomic E-state index is 12.4. The Kier molecular flexibility index (Phi) is 3.72. The SMILES string of the molecule is O=C1C[N+]([O-])=C(C2CCCCCC2)c2ccccc2N1. The Labute approximate surface area is 119 Å². The number of fused-ring (bicyclic) bond motifs is 1. The van der Waals surface area contributed by atoms with Gasteiger partial charge in [0.1, 0.15) is 0 Å². The summed E-state index contributed by atoms with van der Waals surface area (Å²) in [5.41, 5.74) is 2.48. The lowest BCUT2D eigenvalue weighted by atomic mass is 9.89. The second-order valence-corrected chi connectivity index (χ2v) is 5.70. The maximum Gasteiger partial charge on any atom is 0.291 e. The van der Waals surface area contributed by atoms with Gasteiger partial charge in [-0.1, -0.05) is 37.8 Å². The minimum absolute atomic E-state index is 0.0967. The summed E-state index contributed by atoms with van der Waals surface area (Å²) in [7, 11) is 0. The molecule has 2 aliphatic rings. The molecule has 1 saturated carbocycles. The molecule has 0 unspecified atom stereocenters. The Morgan fingerprint density at radius 3 is 2.55 bits per heavy atom. The van der Waals surface area contributed by atoms with Crippen LogP contribution in [-0.4, -0.2) is 22.9 Å². The third kappa shape index (κ3) is 2.55. The van der Waals surface area contributed by atoms with Gasteiger partial charge in [0.05, 0.1) is 11.3 Å². The van der Waals surface area contributed by atoms with E-state index in [4.69, 9.17) is 0 Å². The predicted molar refractivity (Wildman–Crippen MR) is 78.9 cm³/mol. The maximum absolute atomic E-state index is 12.4. The number of hydrogen-bond acceptors (Lipinski definition) is 2. The molecule has 1 amide bonds. The summed E-state index contributed by atoms with van der Waals surface area (Å²) in [4.78, 5) is 11.8. The molecule has 106 valence electrons. The van der Waals surface area contributed by atoms with E-state index >= 15 is 0 Å². The fourth-order valence-corrected chi connectivity index (χ4v) is 3.33. The molecule has 0 spiro atoms. The van der Waals surface area contributed by atoms with Crippen molar-refractivity contribution in [1.82, 2.24) is 0 Å². The zero-order valence-electron chi connectivity index (χ0n) is 11.6. The first-order chi connectivity index (χ1) is 9.75. The highest BCUT2D eigenvalue weighted by Crippen LogP contribution is 2.30. The van der Waals surface area contributed by atoms with Gasteiger partial charge in [-0.15, -0.1) is 0 Å². The van der Waals surface area contributed by atoms with E-state index in [1.807, 2.05) is 24.3 Å². The van der Waals surface area contributed by atoms with Gasteiger partial charge in [-0.25, -0.2) is 0 Å². The van der Waals surface area contributed by atoms with Gasteiger partial charge >= 0.3 is 0 Å². The first-order valence-corrected chi connectivity index (χ1v) is 7.46. The zero-order chi connectivity index (χ0) is 13.9. The number of nitrogens with one attached hydrogen (secondary N) is 1. The number of nitrogens with zero attached hydrogens (tertiary/aromatic N) is 1. The smallest absolute Gasteiger partial charge is 0.291 e. The molecule has 1 fully saturated rings.